The molecule has 11 nitrogen and oxygen atoms in total. The van der Waals surface area contributed by atoms with E-state index in [0.717, 1.165) is 17.4 Å². The summed E-state index contributed by atoms with van der Waals surface area (Å²) < 4.78 is 51.8. The molecule has 0 spiro atoms. The average molecular weight is 879 g/mol. The number of carbonyl (C=O) groups is 4. The summed E-state index contributed by atoms with van der Waals surface area (Å²) in [5.74, 6) is 10.3. The maximum Gasteiger partial charge on any atom is 0.338 e. The minimum Gasteiger partial charge on any atom is -0.496 e. The molecule has 0 unspecified atom stereocenters. The van der Waals surface area contributed by atoms with Gasteiger partial charge in [0.25, 0.3) is 0 Å². The molecule has 0 radical (unpaired) electrons. The van der Waals surface area contributed by atoms with E-state index in [1.807, 2.05) is 24.3 Å². The zero-order valence-electron chi connectivity index (χ0n) is 36.5. The molecule has 0 saturated carbocycles. The van der Waals surface area contributed by atoms with Gasteiger partial charge in [0.2, 0.25) is 6.79 Å². The number of alkyl halides is 1. The lowest BCUT2D eigenvalue weighted by atomic mass is 9.96. The summed E-state index contributed by atoms with van der Waals surface area (Å²) >= 11 is 0. The molecular formula is C53H47FO11. The van der Waals surface area contributed by atoms with Crippen molar-refractivity contribution in [1.82, 2.24) is 0 Å². The van der Waals surface area contributed by atoms with Crippen molar-refractivity contribution in [3.63, 3.8) is 0 Å². The summed E-state index contributed by atoms with van der Waals surface area (Å²) in [4.78, 5) is 49.1. The number of hydrogen-bond donors (Lipinski definition) is 0. The van der Waals surface area contributed by atoms with E-state index in [4.69, 9.17) is 33.2 Å². The molecule has 0 bridgehead atoms. The lowest BCUT2D eigenvalue weighted by Crippen LogP contribution is -2.15. The van der Waals surface area contributed by atoms with Crippen LogP contribution >= 0.6 is 0 Å². The van der Waals surface area contributed by atoms with Crippen LogP contribution in [0.3, 0.4) is 0 Å². The van der Waals surface area contributed by atoms with Crippen LogP contribution in [0.5, 0.6) is 23.0 Å². The number of ether oxygens (including phenoxy) is 7. The van der Waals surface area contributed by atoms with Crippen molar-refractivity contribution in [2.24, 2.45) is 0 Å². The van der Waals surface area contributed by atoms with E-state index in [9.17, 15) is 23.6 Å². The molecule has 4 aromatic rings. The molecular weight excluding hydrogens is 832 g/mol. The molecule has 0 N–H and O–H groups in total. The van der Waals surface area contributed by atoms with Crippen molar-refractivity contribution in [2.75, 3.05) is 13.5 Å². The third-order valence-corrected chi connectivity index (χ3v) is 8.52. The second-order valence-electron chi connectivity index (χ2n) is 14.2. The van der Waals surface area contributed by atoms with Gasteiger partial charge in [-0.25, -0.2) is 19.2 Å². The molecule has 65 heavy (non-hydrogen) atoms. The maximum absolute atomic E-state index is 13.8. The van der Waals surface area contributed by atoms with Crippen molar-refractivity contribution in [3.05, 3.63) is 185 Å². The molecule has 0 amide bonds. The van der Waals surface area contributed by atoms with Gasteiger partial charge in [0, 0.05) is 44.5 Å². The highest BCUT2D eigenvalue weighted by molar-refractivity contribution is 5.91. The van der Waals surface area contributed by atoms with E-state index in [-0.39, 0.29) is 59.0 Å². The van der Waals surface area contributed by atoms with Crippen LogP contribution < -0.4 is 18.9 Å². The average Bonchev–Trinajstić information content (AvgIpc) is 3.28. The number of carbonyl (C=O) groups excluding carboxylic acids is 4. The number of benzene rings is 4. The standard InChI is InChI=1S/C53H47FO11/c1-35(2)50(55)61-31-30-60-44-24-18-42(19-25-44)33-59-29-27-41-13-11-39(12-14-41)15-21-43-32-48(64-52(57)37(5)6)47(49(46(43)10-9-28-54)65-53(58)38(7)8)26-20-40-16-22-45(23-17-40)62-34-63-51(56)36(3)4/h11-14,16-19,22-25,27,29-32H,1,3,5,7,9-10,28,33-34H2,2,4,6,8H3/b29-27+,31-30+. The van der Waals surface area contributed by atoms with Gasteiger partial charge in [0.15, 0.2) is 11.5 Å². The number of esters is 4. The van der Waals surface area contributed by atoms with Crippen molar-refractivity contribution in [2.45, 2.75) is 47.1 Å². The Balaban J connectivity index is 1.59. The third-order valence-electron chi connectivity index (χ3n) is 8.52. The Morgan fingerprint density at radius 3 is 1.85 bits per heavy atom. The highest BCUT2D eigenvalue weighted by atomic mass is 19.1. The van der Waals surface area contributed by atoms with E-state index < -0.39 is 30.6 Å². The first kappa shape index (κ1) is 49.3. The first-order valence-electron chi connectivity index (χ1n) is 19.9. The predicted octanol–water partition coefficient (Wildman–Crippen LogP) is 9.96. The summed E-state index contributed by atoms with van der Waals surface area (Å²) in [6.07, 6.45) is 5.91. The fourth-order valence-electron chi connectivity index (χ4n) is 5.05. The van der Waals surface area contributed by atoms with Gasteiger partial charge in [-0.15, -0.1) is 0 Å². The van der Waals surface area contributed by atoms with Crippen molar-refractivity contribution in [3.8, 4) is 46.7 Å². The fraction of sp³-hybridized carbons (Fsp3) is 0.170. The van der Waals surface area contributed by atoms with Crippen LogP contribution in [0.2, 0.25) is 0 Å². The second kappa shape index (κ2) is 24.9. The van der Waals surface area contributed by atoms with E-state index >= 15 is 0 Å². The van der Waals surface area contributed by atoms with E-state index in [1.54, 1.807) is 67.8 Å². The normalized spacial score (nSPS) is 10.4. The third kappa shape index (κ3) is 16.1. The Bertz CT molecular complexity index is 2630. The maximum atomic E-state index is 13.8. The van der Waals surface area contributed by atoms with Crippen LogP contribution in [0.4, 0.5) is 4.39 Å². The van der Waals surface area contributed by atoms with Crippen molar-refractivity contribution < 1.29 is 56.7 Å². The molecule has 0 fully saturated rings. The highest BCUT2D eigenvalue weighted by Crippen LogP contribution is 2.37. The smallest absolute Gasteiger partial charge is 0.338 e. The van der Waals surface area contributed by atoms with Gasteiger partial charge in [0.05, 0.1) is 12.9 Å². The van der Waals surface area contributed by atoms with E-state index in [0.29, 0.717) is 40.4 Å². The van der Waals surface area contributed by atoms with Gasteiger partial charge in [-0.2, -0.15) is 0 Å². The second-order valence-corrected chi connectivity index (χ2v) is 14.2. The molecule has 0 aliphatic rings. The van der Waals surface area contributed by atoms with Crippen LogP contribution in [0, 0.1) is 23.7 Å². The summed E-state index contributed by atoms with van der Waals surface area (Å²) in [5.41, 5.74) is 4.25. The van der Waals surface area contributed by atoms with Gasteiger partial charge >= 0.3 is 23.9 Å². The molecule has 4 aromatic carbocycles. The number of halogens is 1. The first-order valence-corrected chi connectivity index (χ1v) is 19.9. The molecule has 0 heterocycles. The lowest BCUT2D eigenvalue weighted by Gasteiger charge is -2.17. The van der Waals surface area contributed by atoms with Crippen molar-refractivity contribution >= 4 is 30.0 Å². The molecule has 0 aliphatic carbocycles. The zero-order chi connectivity index (χ0) is 47.3. The zero-order valence-corrected chi connectivity index (χ0v) is 36.5. The van der Waals surface area contributed by atoms with Crippen LogP contribution in [0.1, 0.15) is 73.1 Å². The van der Waals surface area contributed by atoms with Crippen LogP contribution in [0.25, 0.3) is 6.08 Å². The van der Waals surface area contributed by atoms with Crippen LogP contribution in [0.15, 0.2) is 146 Å². The van der Waals surface area contributed by atoms with Gasteiger partial charge in [0.1, 0.15) is 36.2 Å². The van der Waals surface area contributed by atoms with E-state index in [1.165, 1.54) is 33.1 Å². The van der Waals surface area contributed by atoms with E-state index in [2.05, 4.69) is 50.0 Å². The van der Waals surface area contributed by atoms with Crippen LogP contribution in [-0.4, -0.2) is 37.3 Å². The molecule has 0 aromatic heterocycles. The molecule has 0 saturated heterocycles. The highest BCUT2D eigenvalue weighted by Gasteiger charge is 2.24. The molecule has 12 heteroatoms. The van der Waals surface area contributed by atoms with Gasteiger partial charge in [-0.1, -0.05) is 74.3 Å². The van der Waals surface area contributed by atoms with Gasteiger partial charge < -0.3 is 33.2 Å². The summed E-state index contributed by atoms with van der Waals surface area (Å²) in [7, 11) is 0. The minimum atomic E-state index is -0.782. The van der Waals surface area contributed by atoms with Crippen molar-refractivity contribution in [1.29, 1.82) is 0 Å². The molecule has 0 aliphatic heterocycles. The molecule has 332 valence electrons. The summed E-state index contributed by atoms with van der Waals surface area (Å²) in [6.45, 7) is 19.7. The predicted molar refractivity (Wildman–Crippen MR) is 244 cm³/mol. The number of hydrogen-bond acceptors (Lipinski definition) is 11. The lowest BCUT2D eigenvalue weighted by molar-refractivity contribution is -0.145. The van der Waals surface area contributed by atoms with Gasteiger partial charge in [-0.3, -0.25) is 4.39 Å². The topological polar surface area (TPSA) is 133 Å². The fourth-order valence-corrected chi connectivity index (χ4v) is 5.05. The summed E-state index contributed by atoms with van der Waals surface area (Å²) in [5, 5.41) is 0. The quantitative estimate of drug-likeness (QED) is 0.0223. The Labute approximate surface area is 378 Å². The Kier molecular flexibility index (Phi) is 18.9. The molecule has 4 rings (SSSR count). The Hall–Kier alpha value is -8.35. The monoisotopic (exact) mass is 878 g/mol. The Morgan fingerprint density at radius 2 is 1.23 bits per heavy atom. The van der Waals surface area contributed by atoms with Crippen LogP contribution in [-0.2, 0) is 46.4 Å². The molecule has 0 atom stereocenters. The Morgan fingerprint density at radius 1 is 0.646 bits per heavy atom. The SMILES string of the molecule is C=C(C)C(=O)O/C=C/Oc1ccc(CO/C=C/c2ccc(C#Cc3cc(OC(=O)C(=C)C)c(C#Cc4ccc(OCOC(=O)C(=C)C)cc4)c(OC(=O)C(=C)C)c3CCCF)cc2)cc1. The summed E-state index contributed by atoms with van der Waals surface area (Å²) in [6, 6.07) is 22.5. The minimum absolute atomic E-state index is 0.0400. The van der Waals surface area contributed by atoms with Gasteiger partial charge in [-0.05, 0) is 112 Å². The first-order chi connectivity index (χ1) is 31.1. The largest absolute Gasteiger partial charge is 0.496 e. The number of rotatable bonds is 19.